The van der Waals surface area contributed by atoms with Crippen LogP contribution >= 0.6 is 15.9 Å². The predicted molar refractivity (Wildman–Crippen MR) is 47.2 cm³/mol. The Hall–Kier alpha value is -0.770. The second-order valence-corrected chi connectivity index (χ2v) is 3.79. The van der Waals surface area contributed by atoms with Crippen molar-refractivity contribution >= 4 is 21.8 Å². The molecule has 1 aliphatic heterocycles. The fraction of sp³-hybridized carbons (Fsp3) is 0.375. The first-order chi connectivity index (χ1) is 5.70. The number of carbonyl (C=O) groups excluding carboxylic acids is 1. The van der Waals surface area contributed by atoms with Crippen LogP contribution in [0.1, 0.15) is 29.0 Å². The van der Waals surface area contributed by atoms with Crippen molar-refractivity contribution in [2.75, 3.05) is 6.54 Å². The average molecular weight is 230 g/mol. The minimum Gasteiger partial charge on any atom is -0.467 e. The molecule has 0 radical (unpaired) electrons. The highest BCUT2D eigenvalue weighted by Crippen LogP contribution is 2.30. The fourth-order valence-corrected chi connectivity index (χ4v) is 1.83. The lowest BCUT2D eigenvalue weighted by molar-refractivity contribution is 0.0936. The van der Waals surface area contributed by atoms with Crippen molar-refractivity contribution in [3.05, 3.63) is 22.1 Å². The highest BCUT2D eigenvalue weighted by atomic mass is 79.9. The normalized spacial score (nSPS) is 21.8. The molecule has 0 bridgehead atoms. The van der Waals surface area contributed by atoms with E-state index >= 15 is 0 Å². The maximum Gasteiger partial charge on any atom is 0.256 e. The van der Waals surface area contributed by atoms with E-state index < -0.39 is 0 Å². The van der Waals surface area contributed by atoms with E-state index in [9.17, 15) is 4.79 Å². The first-order valence-corrected chi connectivity index (χ1v) is 4.54. The number of hydrogen-bond donors (Lipinski definition) is 1. The van der Waals surface area contributed by atoms with Crippen LogP contribution in [-0.2, 0) is 0 Å². The molecule has 0 aliphatic carbocycles. The smallest absolute Gasteiger partial charge is 0.256 e. The zero-order valence-electron chi connectivity index (χ0n) is 6.56. The number of amides is 1. The molecule has 3 nitrogen and oxygen atoms in total. The van der Waals surface area contributed by atoms with Crippen molar-refractivity contribution in [1.82, 2.24) is 5.32 Å². The van der Waals surface area contributed by atoms with Gasteiger partial charge in [0, 0.05) is 12.5 Å². The molecule has 2 rings (SSSR count). The minimum absolute atomic E-state index is 0.0521. The zero-order chi connectivity index (χ0) is 8.72. The largest absolute Gasteiger partial charge is 0.467 e. The number of nitrogens with one attached hydrogen (secondary N) is 1. The third-order valence-electron chi connectivity index (χ3n) is 2.02. The molecule has 1 aliphatic rings. The van der Waals surface area contributed by atoms with Crippen LogP contribution in [-0.4, -0.2) is 12.5 Å². The van der Waals surface area contributed by atoms with Gasteiger partial charge in [-0.15, -0.1) is 0 Å². The number of fused-ring (bicyclic) bond motifs is 1. The summed E-state index contributed by atoms with van der Waals surface area (Å²) in [6.07, 6.45) is 1.56. The Balaban J connectivity index is 2.57. The van der Waals surface area contributed by atoms with E-state index in [0.29, 0.717) is 12.1 Å². The first-order valence-electron chi connectivity index (χ1n) is 3.75. The van der Waals surface area contributed by atoms with Crippen LogP contribution in [0.3, 0.4) is 0 Å². The third kappa shape index (κ3) is 0.982. The van der Waals surface area contributed by atoms with E-state index in [1.807, 2.05) is 6.92 Å². The van der Waals surface area contributed by atoms with Crippen LogP contribution in [0.4, 0.5) is 0 Å². The number of carbonyl (C=O) groups is 1. The summed E-state index contributed by atoms with van der Waals surface area (Å²) in [7, 11) is 0. The lowest BCUT2D eigenvalue weighted by atomic mass is 10.0. The number of rotatable bonds is 0. The molecule has 2 heterocycles. The monoisotopic (exact) mass is 229 g/mol. The average Bonchev–Trinajstić information content (AvgIpc) is 2.42. The van der Waals surface area contributed by atoms with Gasteiger partial charge in [-0.3, -0.25) is 4.79 Å². The van der Waals surface area contributed by atoms with Gasteiger partial charge in [0.1, 0.15) is 12.0 Å². The molecule has 1 N–H and O–H groups in total. The Bertz CT molecular complexity index is 332. The van der Waals surface area contributed by atoms with Crippen molar-refractivity contribution in [3.8, 4) is 0 Å². The maximum atomic E-state index is 11.3. The molecule has 1 unspecified atom stereocenters. The quantitative estimate of drug-likeness (QED) is 0.739. The Morgan fingerprint density at radius 3 is 3.17 bits per heavy atom. The molecule has 0 spiro atoms. The minimum atomic E-state index is -0.0521. The topological polar surface area (TPSA) is 42.2 Å². The van der Waals surface area contributed by atoms with Gasteiger partial charge in [0.05, 0.1) is 10.0 Å². The van der Waals surface area contributed by atoms with Crippen molar-refractivity contribution in [3.63, 3.8) is 0 Å². The predicted octanol–water partition coefficient (Wildman–Crippen LogP) is 1.89. The van der Waals surface area contributed by atoms with Gasteiger partial charge in [0.25, 0.3) is 5.91 Å². The second-order valence-electron chi connectivity index (χ2n) is 2.93. The Morgan fingerprint density at radius 2 is 2.50 bits per heavy atom. The van der Waals surface area contributed by atoms with Gasteiger partial charge in [0.2, 0.25) is 0 Å². The first kappa shape index (κ1) is 7.86. The summed E-state index contributed by atoms with van der Waals surface area (Å²) in [5, 5.41) is 2.79. The van der Waals surface area contributed by atoms with Gasteiger partial charge >= 0.3 is 0 Å². The van der Waals surface area contributed by atoms with E-state index in [1.165, 1.54) is 0 Å². The molecular formula is C8H8BrNO2. The molecule has 0 aromatic carbocycles. The molecule has 64 valence electrons. The summed E-state index contributed by atoms with van der Waals surface area (Å²) < 4.78 is 6.00. The Morgan fingerprint density at radius 1 is 1.75 bits per heavy atom. The van der Waals surface area contributed by atoms with Gasteiger partial charge in [-0.05, 0) is 15.9 Å². The van der Waals surface area contributed by atoms with Crippen LogP contribution < -0.4 is 5.32 Å². The van der Waals surface area contributed by atoms with E-state index in [-0.39, 0.29) is 11.8 Å². The van der Waals surface area contributed by atoms with Crippen molar-refractivity contribution in [1.29, 1.82) is 0 Å². The maximum absolute atomic E-state index is 11.3. The second kappa shape index (κ2) is 2.62. The highest BCUT2D eigenvalue weighted by Gasteiger charge is 2.27. The number of furan rings is 1. The van der Waals surface area contributed by atoms with Gasteiger partial charge in [-0.2, -0.15) is 0 Å². The molecule has 0 saturated carbocycles. The molecule has 0 fully saturated rings. The summed E-state index contributed by atoms with van der Waals surface area (Å²) in [5.41, 5.74) is 0.647. The summed E-state index contributed by atoms with van der Waals surface area (Å²) in [4.78, 5) is 11.3. The lowest BCUT2D eigenvalue weighted by Crippen LogP contribution is -2.33. The van der Waals surface area contributed by atoms with Gasteiger partial charge in [-0.25, -0.2) is 0 Å². The van der Waals surface area contributed by atoms with Crippen molar-refractivity contribution in [2.24, 2.45) is 0 Å². The molecule has 1 atom stereocenters. The van der Waals surface area contributed by atoms with Gasteiger partial charge in [-0.1, -0.05) is 6.92 Å². The van der Waals surface area contributed by atoms with Crippen LogP contribution in [0.2, 0.25) is 0 Å². The van der Waals surface area contributed by atoms with Crippen LogP contribution in [0, 0.1) is 0 Å². The molecular weight excluding hydrogens is 222 g/mol. The molecule has 12 heavy (non-hydrogen) atoms. The fourth-order valence-electron chi connectivity index (χ4n) is 1.36. The van der Waals surface area contributed by atoms with Gasteiger partial charge in [0.15, 0.2) is 0 Å². The van der Waals surface area contributed by atoms with Crippen molar-refractivity contribution in [2.45, 2.75) is 12.8 Å². The zero-order valence-corrected chi connectivity index (χ0v) is 8.14. The van der Waals surface area contributed by atoms with E-state index in [4.69, 9.17) is 4.42 Å². The molecule has 1 aromatic heterocycles. The van der Waals surface area contributed by atoms with Crippen LogP contribution in [0.5, 0.6) is 0 Å². The van der Waals surface area contributed by atoms with E-state index in [0.717, 1.165) is 10.2 Å². The summed E-state index contributed by atoms with van der Waals surface area (Å²) >= 11 is 3.27. The molecule has 0 saturated heterocycles. The summed E-state index contributed by atoms with van der Waals surface area (Å²) in [5.74, 6) is 0.998. The Labute approximate surface area is 78.3 Å². The van der Waals surface area contributed by atoms with E-state index in [1.54, 1.807) is 6.26 Å². The third-order valence-corrected chi connectivity index (χ3v) is 2.60. The standard InChI is InChI=1S/C8H8BrNO2/c1-4-2-10-8(11)6-5(9)3-12-7(4)6/h3-4H,2H2,1H3,(H,10,11). The number of hydrogen-bond acceptors (Lipinski definition) is 2. The van der Waals surface area contributed by atoms with Crippen molar-refractivity contribution < 1.29 is 9.21 Å². The van der Waals surface area contributed by atoms with Crippen LogP contribution in [0.25, 0.3) is 0 Å². The van der Waals surface area contributed by atoms with E-state index in [2.05, 4.69) is 21.2 Å². The molecule has 1 aromatic rings. The molecule has 1 amide bonds. The summed E-state index contributed by atoms with van der Waals surface area (Å²) in [6, 6.07) is 0. The van der Waals surface area contributed by atoms with Gasteiger partial charge < -0.3 is 9.73 Å². The SMILES string of the molecule is CC1CNC(=O)c2c(Br)coc21. The molecule has 4 heteroatoms. The summed E-state index contributed by atoms with van der Waals surface area (Å²) in [6.45, 7) is 2.68. The Kier molecular flexibility index (Phi) is 1.72. The lowest BCUT2D eigenvalue weighted by Gasteiger charge is -2.17. The highest BCUT2D eigenvalue weighted by molar-refractivity contribution is 9.10. The van der Waals surface area contributed by atoms with Crippen LogP contribution in [0.15, 0.2) is 15.2 Å². The number of halogens is 1.